The van der Waals surface area contributed by atoms with E-state index in [4.69, 9.17) is 0 Å². The molecule has 2 unspecified atom stereocenters. The van der Waals surface area contributed by atoms with E-state index in [9.17, 15) is 14.7 Å². The van der Waals surface area contributed by atoms with E-state index in [0.29, 0.717) is 13.1 Å². The first-order chi connectivity index (χ1) is 14.9. The molecule has 0 radical (unpaired) electrons. The van der Waals surface area contributed by atoms with Gasteiger partial charge in [0.15, 0.2) is 6.35 Å². The third-order valence-electron chi connectivity index (χ3n) is 6.41. The Labute approximate surface area is 183 Å². The highest BCUT2D eigenvalue weighted by atomic mass is 16.3. The molecule has 7 heteroatoms. The van der Waals surface area contributed by atoms with Crippen LogP contribution in [-0.4, -0.2) is 54.4 Å². The Morgan fingerprint density at radius 3 is 2.26 bits per heavy atom. The van der Waals surface area contributed by atoms with Crippen LogP contribution in [-0.2, 0) is 15.1 Å². The lowest BCUT2D eigenvalue weighted by atomic mass is 9.85. The van der Waals surface area contributed by atoms with Crippen LogP contribution in [0.25, 0.3) is 0 Å². The molecule has 2 heterocycles. The smallest absolute Gasteiger partial charge is 0.248 e. The van der Waals surface area contributed by atoms with Gasteiger partial charge in [0.25, 0.3) is 0 Å². The molecule has 2 amide bonds. The Balaban J connectivity index is 1.40. The topological polar surface area (TPSA) is 84.9 Å². The number of nitrogens with zero attached hydrogens (tertiary/aromatic N) is 2. The molecule has 2 aliphatic heterocycles. The Morgan fingerprint density at radius 1 is 1.03 bits per heavy atom. The van der Waals surface area contributed by atoms with Gasteiger partial charge in [-0.2, -0.15) is 0 Å². The molecule has 0 bridgehead atoms. The van der Waals surface area contributed by atoms with Crippen LogP contribution in [0, 0.1) is 13.8 Å². The summed E-state index contributed by atoms with van der Waals surface area (Å²) in [6, 6.07) is 15.6. The highest BCUT2D eigenvalue weighted by molar-refractivity contribution is 5.90. The maximum atomic E-state index is 13.0. The molecule has 2 aromatic carbocycles. The van der Waals surface area contributed by atoms with Gasteiger partial charge < -0.3 is 20.2 Å². The van der Waals surface area contributed by atoms with Gasteiger partial charge >= 0.3 is 0 Å². The van der Waals surface area contributed by atoms with E-state index in [1.54, 1.807) is 0 Å². The number of nitrogens with one attached hydrogen (secondary N) is 2. The molecule has 3 N–H and O–H groups in total. The van der Waals surface area contributed by atoms with E-state index in [0.717, 1.165) is 18.7 Å². The van der Waals surface area contributed by atoms with E-state index in [1.165, 1.54) is 16.8 Å². The summed E-state index contributed by atoms with van der Waals surface area (Å²) in [5.74, 6) is -0.272. The summed E-state index contributed by atoms with van der Waals surface area (Å²) >= 11 is 0. The number of benzene rings is 2. The Hall–Kier alpha value is -2.90. The van der Waals surface area contributed by atoms with Gasteiger partial charge in [-0.1, -0.05) is 48.5 Å². The molecule has 7 nitrogen and oxygen atoms in total. The van der Waals surface area contributed by atoms with Crippen LogP contribution in [0.15, 0.2) is 48.5 Å². The molecule has 0 aromatic heterocycles. The van der Waals surface area contributed by atoms with Gasteiger partial charge in [-0.05, 0) is 37.0 Å². The largest absolute Gasteiger partial charge is 0.368 e. The Morgan fingerprint density at radius 2 is 1.68 bits per heavy atom. The van der Waals surface area contributed by atoms with E-state index < -0.39 is 11.9 Å². The fourth-order valence-corrected chi connectivity index (χ4v) is 4.79. The summed E-state index contributed by atoms with van der Waals surface area (Å²) in [5.41, 5.74) is 3.41. The molecule has 2 aromatic rings. The highest BCUT2D eigenvalue weighted by Gasteiger charge is 2.47. The zero-order valence-corrected chi connectivity index (χ0v) is 18.1. The Bertz CT molecular complexity index is 936. The first kappa shape index (κ1) is 21.3. The second-order valence-electron chi connectivity index (χ2n) is 8.40. The molecule has 2 aliphatic rings. The number of para-hydroxylation sites is 1. The van der Waals surface area contributed by atoms with Crippen LogP contribution in [0.3, 0.4) is 0 Å². The summed E-state index contributed by atoms with van der Waals surface area (Å²) in [4.78, 5) is 29.9. The lowest BCUT2D eigenvalue weighted by molar-refractivity contribution is -0.132. The zero-order chi connectivity index (χ0) is 22.0. The number of rotatable bonds is 5. The SMILES string of the molecule is Cc1cccc(C)c1N1CCN(C(=O)CCC2(c3ccccc3)NC(O)NC2=O)CC1. The predicted molar refractivity (Wildman–Crippen MR) is 119 cm³/mol. The summed E-state index contributed by atoms with van der Waals surface area (Å²) in [7, 11) is 0. The zero-order valence-electron chi connectivity index (χ0n) is 18.1. The van der Waals surface area contributed by atoms with E-state index in [2.05, 4.69) is 47.6 Å². The van der Waals surface area contributed by atoms with E-state index in [1.807, 2.05) is 35.2 Å². The van der Waals surface area contributed by atoms with Crippen molar-refractivity contribution in [3.63, 3.8) is 0 Å². The van der Waals surface area contributed by atoms with E-state index >= 15 is 0 Å². The van der Waals surface area contributed by atoms with Crippen LogP contribution in [0.1, 0.15) is 29.5 Å². The average molecular weight is 423 g/mol. The standard InChI is InChI=1S/C24H30N4O3/c1-17-7-6-8-18(2)21(17)28-15-13-27(14-16-28)20(29)11-12-24(19-9-4-3-5-10-19)22(30)25-23(31)26-24/h3-10,23,26,31H,11-16H2,1-2H3,(H,25,30). The van der Waals surface area contributed by atoms with Crippen LogP contribution in [0.4, 0.5) is 5.69 Å². The van der Waals surface area contributed by atoms with Crippen molar-refractivity contribution in [3.8, 4) is 0 Å². The third-order valence-corrected chi connectivity index (χ3v) is 6.41. The van der Waals surface area contributed by atoms with Crippen LogP contribution < -0.4 is 15.5 Å². The van der Waals surface area contributed by atoms with Crippen molar-refractivity contribution in [2.75, 3.05) is 31.1 Å². The number of piperazine rings is 1. The summed E-state index contributed by atoms with van der Waals surface area (Å²) in [6.07, 6.45) is -0.606. The van der Waals surface area contributed by atoms with Crippen molar-refractivity contribution in [3.05, 3.63) is 65.2 Å². The molecule has 164 valence electrons. The number of carbonyl (C=O) groups is 2. The molecular formula is C24H30N4O3. The summed E-state index contributed by atoms with van der Waals surface area (Å²) < 4.78 is 0. The van der Waals surface area contributed by atoms with Gasteiger partial charge in [0.2, 0.25) is 11.8 Å². The number of aliphatic hydroxyl groups is 1. The molecule has 2 saturated heterocycles. The number of aliphatic hydroxyl groups excluding tert-OH is 1. The van der Waals surface area contributed by atoms with Crippen LogP contribution in [0.2, 0.25) is 0 Å². The number of aryl methyl sites for hydroxylation is 2. The lowest BCUT2D eigenvalue weighted by Gasteiger charge is -2.38. The third kappa shape index (κ3) is 4.16. The normalized spacial score (nSPS) is 23.7. The maximum Gasteiger partial charge on any atom is 0.248 e. The van der Waals surface area contributed by atoms with Crippen molar-refractivity contribution in [2.24, 2.45) is 0 Å². The first-order valence-corrected chi connectivity index (χ1v) is 10.8. The van der Waals surface area contributed by atoms with Gasteiger partial charge in [-0.3, -0.25) is 14.9 Å². The minimum atomic E-state index is -1.12. The quantitative estimate of drug-likeness (QED) is 0.682. The monoisotopic (exact) mass is 422 g/mol. The fraction of sp³-hybridized carbons (Fsp3) is 0.417. The number of hydrogen-bond acceptors (Lipinski definition) is 5. The van der Waals surface area contributed by atoms with Crippen LogP contribution >= 0.6 is 0 Å². The van der Waals surface area contributed by atoms with Gasteiger partial charge in [-0.25, -0.2) is 0 Å². The maximum absolute atomic E-state index is 13.0. The molecule has 4 rings (SSSR count). The second-order valence-corrected chi connectivity index (χ2v) is 8.40. The second kappa shape index (κ2) is 8.69. The summed E-state index contributed by atoms with van der Waals surface area (Å²) in [5, 5.41) is 15.4. The van der Waals surface area contributed by atoms with Crippen LogP contribution in [0.5, 0.6) is 0 Å². The van der Waals surface area contributed by atoms with E-state index in [-0.39, 0.29) is 24.7 Å². The lowest BCUT2D eigenvalue weighted by Crippen LogP contribution is -2.50. The minimum Gasteiger partial charge on any atom is -0.368 e. The minimum absolute atomic E-state index is 0.0347. The van der Waals surface area contributed by atoms with Gasteiger partial charge in [0, 0.05) is 38.3 Å². The molecule has 0 saturated carbocycles. The molecule has 2 atom stereocenters. The van der Waals surface area contributed by atoms with Crippen molar-refractivity contribution >= 4 is 17.5 Å². The van der Waals surface area contributed by atoms with Gasteiger partial charge in [-0.15, -0.1) is 0 Å². The average Bonchev–Trinajstić information content (AvgIpc) is 3.07. The van der Waals surface area contributed by atoms with Gasteiger partial charge in [0.05, 0.1) is 0 Å². The molecule has 0 aliphatic carbocycles. The molecular weight excluding hydrogens is 392 g/mol. The molecule has 0 spiro atoms. The fourth-order valence-electron chi connectivity index (χ4n) is 4.79. The van der Waals surface area contributed by atoms with Crippen molar-refractivity contribution < 1.29 is 14.7 Å². The number of amides is 2. The number of hydrogen-bond donors (Lipinski definition) is 3. The van der Waals surface area contributed by atoms with Crippen molar-refractivity contribution in [1.29, 1.82) is 0 Å². The molecule has 31 heavy (non-hydrogen) atoms. The van der Waals surface area contributed by atoms with Gasteiger partial charge in [0.1, 0.15) is 5.54 Å². The predicted octanol–water partition coefficient (Wildman–Crippen LogP) is 1.62. The highest BCUT2D eigenvalue weighted by Crippen LogP contribution is 2.31. The Kier molecular flexibility index (Phi) is 5.98. The summed E-state index contributed by atoms with van der Waals surface area (Å²) in [6.45, 7) is 7.14. The van der Waals surface area contributed by atoms with Crippen molar-refractivity contribution in [1.82, 2.24) is 15.5 Å². The van der Waals surface area contributed by atoms with Crippen molar-refractivity contribution in [2.45, 2.75) is 38.6 Å². The first-order valence-electron chi connectivity index (χ1n) is 10.8. The number of anilines is 1. The number of carbonyl (C=O) groups excluding carboxylic acids is 2. The molecule has 2 fully saturated rings.